The maximum Gasteiger partial charge on any atom is 0.416 e. The van der Waals surface area contributed by atoms with Crippen LogP contribution in [0, 0.1) is 0 Å². The van der Waals surface area contributed by atoms with Crippen LogP contribution in [0.5, 0.6) is 0 Å². The van der Waals surface area contributed by atoms with E-state index in [-0.39, 0.29) is 12.4 Å². The molecule has 0 unspecified atom stereocenters. The zero-order chi connectivity index (χ0) is 12.3. The maximum atomic E-state index is 12.4. The number of nitrogens with zero attached hydrogens (tertiary/aromatic N) is 1. The molecule has 0 aromatic heterocycles. The first kappa shape index (κ1) is 15.3. The van der Waals surface area contributed by atoms with Crippen molar-refractivity contribution in [3.8, 4) is 0 Å². The summed E-state index contributed by atoms with van der Waals surface area (Å²) in [6.07, 6.45) is -4.24. The van der Waals surface area contributed by atoms with Gasteiger partial charge in [0.05, 0.1) is 5.56 Å². The van der Waals surface area contributed by atoms with Gasteiger partial charge in [0.2, 0.25) is 0 Å². The predicted octanol–water partition coefficient (Wildman–Crippen LogP) is -0.885. The van der Waals surface area contributed by atoms with Gasteiger partial charge in [0, 0.05) is 32.7 Å². The molecule has 1 N–H and O–H groups in total. The van der Waals surface area contributed by atoms with Crippen molar-refractivity contribution in [2.24, 2.45) is 0 Å². The molecule has 0 atom stereocenters. The molecule has 1 heterocycles. The van der Waals surface area contributed by atoms with Gasteiger partial charge in [-0.1, -0.05) is 12.1 Å². The lowest BCUT2D eigenvalue weighted by Gasteiger charge is -2.27. The quantitative estimate of drug-likeness (QED) is 0.756. The second kappa shape index (κ2) is 6.41. The summed E-state index contributed by atoms with van der Waals surface area (Å²) in [5.41, 5.74) is 0.349. The highest BCUT2D eigenvalue weighted by Crippen LogP contribution is 2.29. The number of rotatable bonds is 2. The number of hydrogen-bond acceptors (Lipinski definition) is 2. The summed E-state index contributed by atoms with van der Waals surface area (Å²) in [7, 11) is 0. The average molecular weight is 280 g/mol. The summed E-state index contributed by atoms with van der Waals surface area (Å²) in [6, 6.07) is 5.42. The smallest absolute Gasteiger partial charge is 0.416 e. The molecule has 6 heteroatoms. The number of benzene rings is 1. The summed E-state index contributed by atoms with van der Waals surface area (Å²) < 4.78 is 37.1. The van der Waals surface area contributed by atoms with Crippen LogP contribution in [0.25, 0.3) is 0 Å². The molecule has 0 amide bonds. The Morgan fingerprint density at radius 1 is 1.06 bits per heavy atom. The highest BCUT2D eigenvalue weighted by atomic mass is 35.5. The average Bonchev–Trinajstić information content (AvgIpc) is 2.30. The van der Waals surface area contributed by atoms with E-state index in [1.165, 1.54) is 0 Å². The molecule has 2 rings (SSSR count). The van der Waals surface area contributed by atoms with Crippen molar-refractivity contribution in [3.63, 3.8) is 0 Å². The van der Waals surface area contributed by atoms with Crippen molar-refractivity contribution in [1.82, 2.24) is 10.2 Å². The zero-order valence-corrected chi connectivity index (χ0v) is 10.6. The molecule has 18 heavy (non-hydrogen) atoms. The van der Waals surface area contributed by atoms with Gasteiger partial charge in [-0.25, -0.2) is 0 Å². The molecule has 1 saturated heterocycles. The second-order valence-corrected chi connectivity index (χ2v) is 4.22. The molecular weight excluding hydrogens is 265 g/mol. The van der Waals surface area contributed by atoms with E-state index in [9.17, 15) is 13.2 Å². The van der Waals surface area contributed by atoms with Crippen molar-refractivity contribution in [2.45, 2.75) is 12.7 Å². The fourth-order valence-electron chi connectivity index (χ4n) is 1.93. The summed E-state index contributed by atoms with van der Waals surface area (Å²) in [5.74, 6) is 0. The molecule has 2 nitrogen and oxygen atoms in total. The standard InChI is InChI=1S/C12H15F3N2.ClH/c13-12(14,15)11-3-1-10(2-4-11)9-17-7-5-16-6-8-17;/h1-4,16H,5-9H2;1H/p-1. The lowest BCUT2D eigenvalue weighted by atomic mass is 10.1. The monoisotopic (exact) mass is 279 g/mol. The molecule has 1 fully saturated rings. The number of piperazine rings is 1. The summed E-state index contributed by atoms with van der Waals surface area (Å²) in [6.45, 7) is 4.50. The predicted molar refractivity (Wildman–Crippen MR) is 59.6 cm³/mol. The molecule has 1 aliphatic heterocycles. The Balaban J connectivity index is 0.00000162. The molecule has 0 saturated carbocycles. The summed E-state index contributed by atoms with van der Waals surface area (Å²) in [5, 5.41) is 3.24. The molecule has 1 aromatic carbocycles. The largest absolute Gasteiger partial charge is 1.00 e. The van der Waals surface area contributed by atoms with Crippen molar-refractivity contribution >= 4 is 0 Å². The number of hydrogen-bond donors (Lipinski definition) is 1. The van der Waals surface area contributed by atoms with Crippen molar-refractivity contribution in [2.75, 3.05) is 26.2 Å². The van der Waals surface area contributed by atoms with E-state index in [1.54, 1.807) is 12.1 Å². The van der Waals surface area contributed by atoms with E-state index in [0.717, 1.165) is 50.4 Å². The molecule has 0 aliphatic carbocycles. The van der Waals surface area contributed by atoms with Crippen LogP contribution in [-0.2, 0) is 12.7 Å². The lowest BCUT2D eigenvalue weighted by Crippen LogP contribution is -3.00. The van der Waals surface area contributed by atoms with Gasteiger partial charge in [0.15, 0.2) is 0 Å². The first-order chi connectivity index (χ1) is 8.05. The third-order valence-corrected chi connectivity index (χ3v) is 2.90. The Hall–Kier alpha value is -0.780. The van der Waals surface area contributed by atoms with E-state index < -0.39 is 11.7 Å². The van der Waals surface area contributed by atoms with Gasteiger partial charge < -0.3 is 17.7 Å². The van der Waals surface area contributed by atoms with Crippen LogP contribution in [0.3, 0.4) is 0 Å². The molecule has 0 bridgehead atoms. The van der Waals surface area contributed by atoms with Crippen LogP contribution >= 0.6 is 0 Å². The lowest BCUT2D eigenvalue weighted by molar-refractivity contribution is -0.137. The Morgan fingerprint density at radius 3 is 2.11 bits per heavy atom. The Labute approximate surface area is 111 Å². The van der Waals surface area contributed by atoms with Gasteiger partial charge >= 0.3 is 6.18 Å². The van der Waals surface area contributed by atoms with Crippen molar-refractivity contribution in [1.29, 1.82) is 0 Å². The molecule has 0 radical (unpaired) electrons. The number of halogens is 4. The van der Waals surface area contributed by atoms with Crippen LogP contribution in [0.1, 0.15) is 11.1 Å². The van der Waals surface area contributed by atoms with Crippen molar-refractivity contribution in [3.05, 3.63) is 35.4 Å². The minimum Gasteiger partial charge on any atom is -1.00 e. The molecule has 1 aromatic rings. The maximum absolute atomic E-state index is 12.4. The van der Waals surface area contributed by atoms with Gasteiger partial charge in [0.1, 0.15) is 0 Å². The molecule has 0 spiro atoms. The van der Waals surface area contributed by atoms with Crippen molar-refractivity contribution < 1.29 is 25.6 Å². The minimum absolute atomic E-state index is 0. The van der Waals surface area contributed by atoms with E-state index >= 15 is 0 Å². The molecule has 1 aliphatic rings. The van der Waals surface area contributed by atoms with E-state index in [1.807, 2.05) is 0 Å². The van der Waals surface area contributed by atoms with Crippen LogP contribution in [0.4, 0.5) is 13.2 Å². The normalized spacial score (nSPS) is 17.3. The van der Waals surface area contributed by atoms with Gasteiger partial charge in [-0.2, -0.15) is 13.2 Å². The Bertz CT molecular complexity index is 359. The molecule has 102 valence electrons. The zero-order valence-electron chi connectivity index (χ0n) is 9.80. The molecular formula is C12H15ClF3N2-. The van der Waals surface area contributed by atoms with E-state index in [4.69, 9.17) is 0 Å². The Kier molecular flexibility index (Phi) is 5.44. The highest BCUT2D eigenvalue weighted by molar-refractivity contribution is 5.24. The fraction of sp³-hybridized carbons (Fsp3) is 0.500. The Morgan fingerprint density at radius 2 is 1.61 bits per heavy atom. The SMILES string of the molecule is FC(F)(F)c1ccc(CN2CCNCC2)cc1.[Cl-]. The van der Waals surface area contributed by atoms with Crippen LogP contribution in [0.2, 0.25) is 0 Å². The third-order valence-electron chi connectivity index (χ3n) is 2.90. The van der Waals surface area contributed by atoms with Gasteiger partial charge in [-0.05, 0) is 17.7 Å². The van der Waals surface area contributed by atoms with Gasteiger partial charge in [0.25, 0.3) is 0 Å². The number of nitrogens with one attached hydrogen (secondary N) is 1. The van der Waals surface area contributed by atoms with E-state index in [2.05, 4.69) is 10.2 Å². The number of alkyl halides is 3. The van der Waals surface area contributed by atoms with E-state index in [0.29, 0.717) is 0 Å². The summed E-state index contributed by atoms with van der Waals surface area (Å²) in [4.78, 5) is 2.24. The van der Waals surface area contributed by atoms with Crippen LogP contribution < -0.4 is 17.7 Å². The van der Waals surface area contributed by atoms with Crippen LogP contribution in [0.15, 0.2) is 24.3 Å². The van der Waals surface area contributed by atoms with Gasteiger partial charge in [-0.15, -0.1) is 0 Å². The second-order valence-electron chi connectivity index (χ2n) is 4.22. The summed E-state index contributed by atoms with van der Waals surface area (Å²) >= 11 is 0. The topological polar surface area (TPSA) is 15.3 Å². The first-order valence-electron chi connectivity index (χ1n) is 5.65. The highest BCUT2D eigenvalue weighted by Gasteiger charge is 2.29. The van der Waals surface area contributed by atoms with Crippen LogP contribution in [-0.4, -0.2) is 31.1 Å². The third kappa shape index (κ3) is 4.15. The first-order valence-corrected chi connectivity index (χ1v) is 5.65. The van der Waals surface area contributed by atoms with Gasteiger partial charge in [-0.3, -0.25) is 4.90 Å². The fourth-order valence-corrected chi connectivity index (χ4v) is 1.93. The minimum atomic E-state index is -4.24.